The second kappa shape index (κ2) is 7.21. The van der Waals surface area contributed by atoms with Crippen LogP contribution < -0.4 is 0 Å². The summed E-state index contributed by atoms with van der Waals surface area (Å²) in [5.74, 6) is 0.0171. The van der Waals surface area contributed by atoms with Crippen LogP contribution in [-0.4, -0.2) is 10.6 Å². The van der Waals surface area contributed by atoms with Gasteiger partial charge in [0.25, 0.3) is 0 Å². The summed E-state index contributed by atoms with van der Waals surface area (Å²) in [6, 6.07) is 14.8. The number of alkyl halides is 2. The number of carbonyl (C=O) groups is 1. The maximum atomic E-state index is 12.4. The molecule has 0 radical (unpaired) electrons. The Balaban J connectivity index is 2.20. The topological polar surface area (TPSA) is 17.1 Å². The number of hydrogen-bond donors (Lipinski definition) is 0. The molecule has 0 N–H and O–H groups in total. The molecule has 0 aliphatic heterocycles. The van der Waals surface area contributed by atoms with E-state index < -0.39 is 0 Å². The number of Topliss-reactive ketones (excluding diaryl/α,β-unsaturated/α-hetero) is 1. The van der Waals surface area contributed by atoms with E-state index >= 15 is 0 Å². The van der Waals surface area contributed by atoms with Crippen molar-refractivity contribution in [3.05, 3.63) is 69.2 Å². The van der Waals surface area contributed by atoms with Crippen LogP contribution in [0.3, 0.4) is 0 Å². The van der Waals surface area contributed by atoms with Crippen LogP contribution in [0, 0.1) is 0 Å². The van der Waals surface area contributed by atoms with Crippen LogP contribution in [0.25, 0.3) is 0 Å². The van der Waals surface area contributed by atoms with Crippen LogP contribution in [0.15, 0.2) is 53.0 Å². The van der Waals surface area contributed by atoms with Crippen molar-refractivity contribution < 1.29 is 4.79 Å². The van der Waals surface area contributed by atoms with Gasteiger partial charge in [-0.05, 0) is 42.0 Å². The summed E-state index contributed by atoms with van der Waals surface area (Å²) >= 11 is 16.3. The molecule has 0 saturated heterocycles. The molecule has 104 valence electrons. The summed E-state index contributed by atoms with van der Waals surface area (Å²) in [7, 11) is 0. The van der Waals surface area contributed by atoms with E-state index in [4.69, 9.17) is 11.6 Å². The van der Waals surface area contributed by atoms with E-state index in [1.54, 1.807) is 24.3 Å². The van der Waals surface area contributed by atoms with Crippen molar-refractivity contribution in [2.24, 2.45) is 0 Å². The maximum absolute atomic E-state index is 12.4. The van der Waals surface area contributed by atoms with Gasteiger partial charge in [0.05, 0.1) is 9.65 Å². The first-order valence-electron chi connectivity index (χ1n) is 5.82. The van der Waals surface area contributed by atoms with E-state index in [0.29, 0.717) is 10.6 Å². The third-order valence-corrected chi connectivity index (χ3v) is 6.26. The second-order valence-electron chi connectivity index (χ2n) is 4.23. The lowest BCUT2D eigenvalue weighted by Gasteiger charge is -2.16. The lowest BCUT2D eigenvalue weighted by molar-refractivity contribution is 0.0991. The number of rotatable bonds is 4. The Hall–Kier alpha value is -0.160. The zero-order chi connectivity index (χ0) is 14.7. The molecule has 0 heterocycles. The average molecular weight is 481 g/mol. The van der Waals surface area contributed by atoms with Gasteiger partial charge in [-0.3, -0.25) is 4.79 Å². The Morgan fingerprint density at radius 3 is 2.30 bits per heavy atom. The van der Waals surface area contributed by atoms with Gasteiger partial charge in [0.15, 0.2) is 5.78 Å². The highest BCUT2D eigenvalue weighted by Gasteiger charge is 2.26. The third kappa shape index (κ3) is 3.94. The number of benzene rings is 2. The highest BCUT2D eigenvalue weighted by atomic mass is 79.9. The summed E-state index contributed by atoms with van der Waals surface area (Å²) in [5, 5.41) is 0.620. The first-order valence-corrected chi connectivity index (χ1v) is 8.82. The summed E-state index contributed by atoms with van der Waals surface area (Å²) in [6.07, 6.45) is 0. The number of halogens is 4. The molecule has 20 heavy (non-hydrogen) atoms. The quantitative estimate of drug-likeness (QED) is 0.376. The minimum atomic E-state index is -0.349. The minimum Gasteiger partial charge on any atom is -0.293 e. The van der Waals surface area contributed by atoms with Crippen molar-refractivity contribution >= 4 is 65.2 Å². The molecule has 5 heteroatoms. The molecular formula is C15H10Br3ClO. The monoisotopic (exact) mass is 478 g/mol. The largest absolute Gasteiger partial charge is 0.293 e. The van der Waals surface area contributed by atoms with Crippen LogP contribution >= 0.6 is 59.4 Å². The number of hydrogen-bond acceptors (Lipinski definition) is 1. The van der Waals surface area contributed by atoms with Crippen molar-refractivity contribution in [2.75, 3.05) is 0 Å². The van der Waals surface area contributed by atoms with Crippen LogP contribution in [-0.2, 0) is 0 Å². The zero-order valence-electron chi connectivity index (χ0n) is 10.2. The molecule has 0 fully saturated rings. The summed E-state index contributed by atoms with van der Waals surface area (Å²) in [6.45, 7) is 0. The molecule has 0 bridgehead atoms. The molecular weight excluding hydrogens is 471 g/mol. The van der Waals surface area contributed by atoms with E-state index in [-0.39, 0.29) is 15.4 Å². The summed E-state index contributed by atoms with van der Waals surface area (Å²) in [5.41, 5.74) is 1.67. The number of ketones is 1. The normalized spacial score (nSPS) is 13.8. The van der Waals surface area contributed by atoms with Gasteiger partial charge in [0.2, 0.25) is 0 Å². The minimum absolute atomic E-state index is 0.0171. The fraction of sp³-hybridized carbons (Fsp3) is 0.133. The van der Waals surface area contributed by atoms with Gasteiger partial charge in [-0.2, -0.15) is 0 Å². The predicted octanol–water partition coefficient (Wildman–Crippen LogP) is 6.18. The summed E-state index contributed by atoms with van der Waals surface area (Å²) in [4.78, 5) is 12.0. The molecule has 2 aromatic carbocycles. The first kappa shape index (κ1) is 16.2. The van der Waals surface area contributed by atoms with Crippen LogP contribution in [0.5, 0.6) is 0 Å². The Bertz CT molecular complexity index is 613. The average Bonchev–Trinajstić information content (AvgIpc) is 2.46. The molecule has 0 spiro atoms. The third-order valence-electron chi connectivity index (χ3n) is 2.80. The van der Waals surface area contributed by atoms with E-state index in [9.17, 15) is 4.79 Å². The first-order chi connectivity index (χ1) is 9.49. The van der Waals surface area contributed by atoms with Gasteiger partial charge >= 0.3 is 0 Å². The van der Waals surface area contributed by atoms with Gasteiger partial charge in [0, 0.05) is 15.1 Å². The fourth-order valence-corrected chi connectivity index (χ4v) is 3.39. The van der Waals surface area contributed by atoms with Gasteiger partial charge < -0.3 is 0 Å². The molecule has 2 rings (SSSR count). The second-order valence-corrected chi connectivity index (χ2v) is 7.55. The molecule has 0 amide bonds. The maximum Gasteiger partial charge on any atom is 0.177 e. The molecule has 2 atom stereocenters. The van der Waals surface area contributed by atoms with Crippen molar-refractivity contribution in [3.8, 4) is 0 Å². The molecule has 2 aromatic rings. The summed E-state index contributed by atoms with van der Waals surface area (Å²) < 4.78 is 0.984. The lowest BCUT2D eigenvalue weighted by atomic mass is 10.0. The SMILES string of the molecule is O=C(c1ccc(Cl)cc1)C(Br)C(Br)c1cccc(Br)c1. The van der Waals surface area contributed by atoms with Crippen LogP contribution in [0.4, 0.5) is 0 Å². The lowest BCUT2D eigenvalue weighted by Crippen LogP contribution is -2.19. The van der Waals surface area contributed by atoms with E-state index in [1.807, 2.05) is 24.3 Å². The van der Waals surface area contributed by atoms with Gasteiger partial charge in [-0.1, -0.05) is 71.5 Å². The molecule has 0 aliphatic carbocycles. The highest BCUT2D eigenvalue weighted by Crippen LogP contribution is 2.34. The van der Waals surface area contributed by atoms with Crippen molar-refractivity contribution in [1.82, 2.24) is 0 Å². The van der Waals surface area contributed by atoms with Gasteiger partial charge in [-0.25, -0.2) is 0 Å². The zero-order valence-corrected chi connectivity index (χ0v) is 15.7. The van der Waals surface area contributed by atoms with Crippen molar-refractivity contribution in [2.45, 2.75) is 9.65 Å². The Morgan fingerprint density at radius 2 is 1.70 bits per heavy atom. The van der Waals surface area contributed by atoms with Gasteiger partial charge in [0.1, 0.15) is 0 Å². The Kier molecular flexibility index (Phi) is 5.84. The van der Waals surface area contributed by atoms with Crippen molar-refractivity contribution in [3.63, 3.8) is 0 Å². The van der Waals surface area contributed by atoms with E-state index in [2.05, 4.69) is 47.8 Å². The van der Waals surface area contributed by atoms with E-state index in [1.165, 1.54) is 0 Å². The Morgan fingerprint density at radius 1 is 1.05 bits per heavy atom. The smallest absolute Gasteiger partial charge is 0.177 e. The molecule has 0 aliphatic rings. The fourth-order valence-electron chi connectivity index (χ4n) is 1.75. The highest BCUT2D eigenvalue weighted by molar-refractivity contribution is 9.12. The molecule has 1 nitrogen and oxygen atoms in total. The molecule has 2 unspecified atom stereocenters. The van der Waals surface area contributed by atoms with Crippen LogP contribution in [0.2, 0.25) is 5.02 Å². The van der Waals surface area contributed by atoms with Crippen LogP contribution in [0.1, 0.15) is 20.7 Å². The number of carbonyl (C=O) groups excluding carboxylic acids is 1. The Labute approximate surface area is 148 Å². The van der Waals surface area contributed by atoms with E-state index in [0.717, 1.165) is 10.0 Å². The molecule has 0 saturated carbocycles. The van der Waals surface area contributed by atoms with Gasteiger partial charge in [-0.15, -0.1) is 0 Å². The molecule has 0 aromatic heterocycles. The standard InChI is InChI=1S/C15H10Br3ClO/c16-11-3-1-2-10(8-11)13(17)14(18)15(20)9-4-6-12(19)7-5-9/h1-8,13-14H. The predicted molar refractivity (Wildman–Crippen MR) is 94.3 cm³/mol. The van der Waals surface area contributed by atoms with Crippen molar-refractivity contribution in [1.29, 1.82) is 0 Å².